The maximum absolute atomic E-state index is 5.57. The maximum Gasteiger partial charge on any atom is 0.214 e. The first-order valence-electron chi connectivity index (χ1n) is 5.09. The fraction of sp³-hybridized carbons (Fsp3) is 0.167. The van der Waals surface area contributed by atoms with Crippen molar-refractivity contribution < 1.29 is 9.15 Å². The van der Waals surface area contributed by atoms with Crippen LogP contribution >= 0.6 is 12.2 Å². The van der Waals surface area contributed by atoms with Gasteiger partial charge in [-0.3, -0.25) is 0 Å². The van der Waals surface area contributed by atoms with E-state index in [1.165, 1.54) is 0 Å². The minimum atomic E-state index is 0.332. The number of nitrogens with two attached hydrogens (primary N) is 1. The minimum Gasteiger partial charge on any atom is -0.469 e. The van der Waals surface area contributed by atoms with E-state index in [1.54, 1.807) is 12.3 Å². The van der Waals surface area contributed by atoms with Crippen molar-refractivity contribution in [1.29, 1.82) is 0 Å². The van der Waals surface area contributed by atoms with Crippen LogP contribution in [0.15, 0.2) is 34.9 Å². The number of hydrogen-bond acceptors (Lipinski definition) is 4. The third-order valence-corrected chi connectivity index (χ3v) is 2.39. The molecule has 0 aliphatic heterocycles. The van der Waals surface area contributed by atoms with E-state index in [-0.39, 0.29) is 0 Å². The molecule has 0 radical (unpaired) electrons. The third kappa shape index (κ3) is 3.04. The molecule has 4 nitrogen and oxygen atoms in total. The molecule has 17 heavy (non-hydrogen) atoms. The summed E-state index contributed by atoms with van der Waals surface area (Å²) >= 11 is 4.92. The van der Waals surface area contributed by atoms with Gasteiger partial charge in [-0.05, 0) is 25.1 Å². The van der Waals surface area contributed by atoms with Crippen molar-refractivity contribution in [3.63, 3.8) is 0 Å². The molecule has 2 N–H and O–H groups in total. The van der Waals surface area contributed by atoms with E-state index >= 15 is 0 Å². The SMILES string of the molecule is Cc1cc(C(N)=S)cc(OCc2ccco2)n1. The van der Waals surface area contributed by atoms with Crippen LogP contribution in [0.3, 0.4) is 0 Å². The van der Waals surface area contributed by atoms with Gasteiger partial charge in [0.15, 0.2) is 0 Å². The van der Waals surface area contributed by atoms with Crippen molar-refractivity contribution in [3.8, 4) is 5.88 Å². The molecule has 0 unspecified atom stereocenters. The van der Waals surface area contributed by atoms with Gasteiger partial charge in [-0.1, -0.05) is 12.2 Å². The van der Waals surface area contributed by atoms with Gasteiger partial charge in [0.2, 0.25) is 5.88 Å². The fourth-order valence-electron chi connectivity index (χ4n) is 1.39. The Morgan fingerprint density at radius 1 is 1.53 bits per heavy atom. The molecule has 0 amide bonds. The first-order chi connectivity index (χ1) is 8.15. The number of furan rings is 1. The van der Waals surface area contributed by atoms with Gasteiger partial charge in [-0.2, -0.15) is 0 Å². The van der Waals surface area contributed by atoms with Crippen LogP contribution in [0, 0.1) is 6.92 Å². The molecule has 0 aliphatic carbocycles. The monoisotopic (exact) mass is 248 g/mol. The van der Waals surface area contributed by atoms with Crippen LogP contribution in [0.1, 0.15) is 17.0 Å². The highest BCUT2D eigenvalue weighted by Gasteiger charge is 2.04. The molecule has 88 valence electrons. The van der Waals surface area contributed by atoms with Crippen LogP contribution in [-0.4, -0.2) is 9.97 Å². The van der Waals surface area contributed by atoms with Gasteiger partial charge in [0.1, 0.15) is 17.4 Å². The molecule has 0 spiro atoms. The molecule has 0 saturated heterocycles. The molecule has 2 heterocycles. The zero-order valence-corrected chi connectivity index (χ0v) is 10.2. The molecule has 0 fully saturated rings. The topological polar surface area (TPSA) is 61.3 Å². The fourth-order valence-corrected chi connectivity index (χ4v) is 1.51. The lowest BCUT2D eigenvalue weighted by Crippen LogP contribution is -2.10. The van der Waals surface area contributed by atoms with Crippen molar-refractivity contribution in [2.45, 2.75) is 13.5 Å². The largest absolute Gasteiger partial charge is 0.469 e. The predicted octanol–water partition coefficient (Wildman–Crippen LogP) is 2.20. The summed E-state index contributed by atoms with van der Waals surface area (Å²) in [6.07, 6.45) is 1.60. The van der Waals surface area contributed by atoms with E-state index in [0.29, 0.717) is 17.5 Å². The molecule has 0 bridgehead atoms. The Morgan fingerprint density at radius 2 is 2.35 bits per heavy atom. The number of ether oxygens (including phenoxy) is 1. The first kappa shape index (κ1) is 11.6. The summed E-state index contributed by atoms with van der Waals surface area (Å²) in [5.74, 6) is 1.23. The van der Waals surface area contributed by atoms with Crippen LogP contribution in [0.25, 0.3) is 0 Å². The van der Waals surface area contributed by atoms with Crippen molar-refractivity contribution in [1.82, 2.24) is 4.98 Å². The highest BCUT2D eigenvalue weighted by atomic mass is 32.1. The van der Waals surface area contributed by atoms with Crippen molar-refractivity contribution in [2.75, 3.05) is 0 Å². The molecule has 0 atom stereocenters. The molecule has 2 aromatic rings. The van der Waals surface area contributed by atoms with Crippen LogP contribution in [-0.2, 0) is 6.61 Å². The Hall–Kier alpha value is -1.88. The second-order valence-corrected chi connectivity index (χ2v) is 4.01. The number of hydrogen-bond donors (Lipinski definition) is 1. The zero-order valence-electron chi connectivity index (χ0n) is 9.34. The highest BCUT2D eigenvalue weighted by Crippen LogP contribution is 2.14. The predicted molar refractivity (Wildman–Crippen MR) is 67.9 cm³/mol. The van der Waals surface area contributed by atoms with E-state index in [9.17, 15) is 0 Å². The van der Waals surface area contributed by atoms with Gasteiger partial charge in [-0.25, -0.2) is 4.98 Å². The van der Waals surface area contributed by atoms with Gasteiger partial charge in [0, 0.05) is 17.3 Å². The highest BCUT2D eigenvalue weighted by molar-refractivity contribution is 7.80. The second kappa shape index (κ2) is 4.97. The van der Waals surface area contributed by atoms with Gasteiger partial charge in [-0.15, -0.1) is 0 Å². The Kier molecular flexibility index (Phi) is 3.39. The number of thiocarbonyl (C=S) groups is 1. The lowest BCUT2D eigenvalue weighted by molar-refractivity contribution is 0.260. The van der Waals surface area contributed by atoms with E-state index in [2.05, 4.69) is 4.98 Å². The summed E-state index contributed by atoms with van der Waals surface area (Å²) < 4.78 is 10.7. The third-order valence-electron chi connectivity index (χ3n) is 2.16. The average Bonchev–Trinajstić information content (AvgIpc) is 2.78. The van der Waals surface area contributed by atoms with Gasteiger partial charge >= 0.3 is 0 Å². The molecule has 0 aliphatic rings. The molecule has 2 rings (SSSR count). The van der Waals surface area contributed by atoms with Crippen molar-refractivity contribution in [3.05, 3.63) is 47.5 Å². The molecular formula is C12H12N2O2S. The summed E-state index contributed by atoms with van der Waals surface area (Å²) in [5, 5.41) is 0. The van der Waals surface area contributed by atoms with Gasteiger partial charge in [0.05, 0.1) is 6.26 Å². The quantitative estimate of drug-likeness (QED) is 0.840. The summed E-state index contributed by atoms with van der Waals surface area (Å²) in [5.41, 5.74) is 7.13. The Labute approximate surface area is 104 Å². The lowest BCUT2D eigenvalue weighted by atomic mass is 10.2. The van der Waals surface area contributed by atoms with E-state index in [0.717, 1.165) is 17.0 Å². The van der Waals surface area contributed by atoms with Crippen molar-refractivity contribution >= 4 is 17.2 Å². The van der Waals surface area contributed by atoms with Crippen LogP contribution < -0.4 is 10.5 Å². The molecule has 0 aromatic carbocycles. The number of pyridine rings is 1. The number of aromatic nitrogens is 1. The molecule has 5 heteroatoms. The van der Waals surface area contributed by atoms with Crippen LogP contribution in [0.2, 0.25) is 0 Å². The standard InChI is InChI=1S/C12H12N2O2S/c1-8-5-9(12(13)17)6-11(14-8)16-7-10-3-2-4-15-10/h2-6H,7H2,1H3,(H2,13,17). The minimum absolute atomic E-state index is 0.332. The summed E-state index contributed by atoms with van der Waals surface area (Å²) in [6, 6.07) is 7.19. The zero-order chi connectivity index (χ0) is 12.3. The van der Waals surface area contributed by atoms with Crippen LogP contribution in [0.4, 0.5) is 0 Å². The first-order valence-corrected chi connectivity index (χ1v) is 5.49. The summed E-state index contributed by atoms with van der Waals surface area (Å²) in [4.78, 5) is 4.57. The molecular weight excluding hydrogens is 236 g/mol. The number of rotatable bonds is 4. The second-order valence-electron chi connectivity index (χ2n) is 3.57. The summed E-state index contributed by atoms with van der Waals surface area (Å²) in [7, 11) is 0. The lowest BCUT2D eigenvalue weighted by Gasteiger charge is -2.06. The van der Waals surface area contributed by atoms with Gasteiger partial charge in [0.25, 0.3) is 0 Å². The van der Waals surface area contributed by atoms with Crippen LogP contribution in [0.5, 0.6) is 5.88 Å². The van der Waals surface area contributed by atoms with E-state index in [4.69, 9.17) is 27.1 Å². The van der Waals surface area contributed by atoms with E-state index in [1.807, 2.05) is 25.1 Å². The Morgan fingerprint density at radius 3 is 3.00 bits per heavy atom. The Bertz CT molecular complexity index is 523. The van der Waals surface area contributed by atoms with Crippen molar-refractivity contribution in [2.24, 2.45) is 5.73 Å². The molecule has 0 saturated carbocycles. The Balaban J connectivity index is 2.13. The number of nitrogens with zero attached hydrogens (tertiary/aromatic N) is 1. The summed E-state index contributed by atoms with van der Waals surface area (Å²) in [6.45, 7) is 2.20. The van der Waals surface area contributed by atoms with E-state index < -0.39 is 0 Å². The maximum atomic E-state index is 5.57. The average molecular weight is 248 g/mol. The normalized spacial score (nSPS) is 10.2. The number of aryl methyl sites for hydroxylation is 1. The molecule has 2 aromatic heterocycles. The van der Waals surface area contributed by atoms with Gasteiger partial charge < -0.3 is 14.9 Å². The smallest absolute Gasteiger partial charge is 0.214 e.